The van der Waals surface area contributed by atoms with E-state index in [1.807, 2.05) is 19.1 Å². The zero-order valence-electron chi connectivity index (χ0n) is 14.6. The maximum atomic E-state index is 15.0. The van der Waals surface area contributed by atoms with Gasteiger partial charge in [-0.25, -0.2) is 4.39 Å². The Kier molecular flexibility index (Phi) is 3.56. The van der Waals surface area contributed by atoms with E-state index in [1.165, 1.54) is 11.6 Å². The first-order valence-corrected chi connectivity index (χ1v) is 8.96. The third kappa shape index (κ3) is 2.13. The average molecular weight is 342 g/mol. The van der Waals surface area contributed by atoms with E-state index in [4.69, 9.17) is 0 Å². The van der Waals surface area contributed by atoms with Gasteiger partial charge in [0.05, 0.1) is 0 Å². The first-order valence-electron chi connectivity index (χ1n) is 8.96. The number of fused-ring (bicyclic) bond motifs is 5. The summed E-state index contributed by atoms with van der Waals surface area (Å²) in [5, 5.41) is 9.28. The smallest absolute Gasteiger partial charge is 0.184 e. The highest BCUT2D eigenvalue weighted by atomic mass is 19.1. The van der Waals surface area contributed by atoms with E-state index in [-0.39, 0.29) is 28.8 Å². The molecule has 0 unspecified atom stereocenters. The Morgan fingerprint density at radius 1 is 1.32 bits per heavy atom. The zero-order valence-corrected chi connectivity index (χ0v) is 14.6. The Morgan fingerprint density at radius 2 is 2.08 bits per heavy atom. The van der Waals surface area contributed by atoms with Crippen LogP contribution in [0.2, 0.25) is 0 Å². The number of rotatable bonds is 2. The van der Waals surface area contributed by atoms with E-state index in [0.29, 0.717) is 24.0 Å². The number of hydrogen-bond acceptors (Lipinski definition) is 3. The van der Waals surface area contributed by atoms with Crippen LogP contribution in [0.25, 0.3) is 0 Å². The van der Waals surface area contributed by atoms with Gasteiger partial charge in [-0.05, 0) is 55.7 Å². The van der Waals surface area contributed by atoms with Gasteiger partial charge < -0.3 is 5.11 Å². The van der Waals surface area contributed by atoms with E-state index in [1.54, 1.807) is 6.08 Å². The van der Waals surface area contributed by atoms with Gasteiger partial charge in [-0.3, -0.25) is 9.59 Å². The van der Waals surface area contributed by atoms with Crippen molar-refractivity contribution in [1.82, 2.24) is 0 Å². The molecule has 0 saturated heterocycles. The summed E-state index contributed by atoms with van der Waals surface area (Å²) in [5.74, 6) is -0.146. The topological polar surface area (TPSA) is 54.4 Å². The van der Waals surface area contributed by atoms with Crippen LogP contribution in [-0.4, -0.2) is 29.5 Å². The molecule has 4 aliphatic rings. The number of carbonyl (C=O) groups is 2. The van der Waals surface area contributed by atoms with Crippen molar-refractivity contribution in [2.24, 2.45) is 22.7 Å². The Hall–Kier alpha value is -1.81. The molecule has 0 heterocycles. The van der Waals surface area contributed by atoms with Gasteiger partial charge >= 0.3 is 0 Å². The molecular formula is C21H23FO3. The minimum absolute atomic E-state index is 0.0500. The second-order valence-corrected chi connectivity index (χ2v) is 8.17. The predicted molar refractivity (Wildman–Crippen MR) is 92.4 cm³/mol. The highest BCUT2D eigenvalue weighted by Crippen LogP contribution is 2.62. The molecule has 0 amide bonds. The maximum Gasteiger partial charge on any atom is 0.184 e. The first-order chi connectivity index (χ1) is 11.8. The van der Waals surface area contributed by atoms with Crippen molar-refractivity contribution in [1.29, 1.82) is 0 Å². The third-order valence-electron chi connectivity index (χ3n) is 6.96. The summed E-state index contributed by atoms with van der Waals surface area (Å²) in [6.07, 6.45) is 9.63. The number of aliphatic hydroxyl groups excluding tert-OH is 1. The van der Waals surface area contributed by atoms with Gasteiger partial charge in [0.25, 0.3) is 0 Å². The molecule has 5 atom stereocenters. The van der Waals surface area contributed by atoms with Gasteiger partial charge in [-0.15, -0.1) is 0 Å². The van der Waals surface area contributed by atoms with E-state index in [2.05, 4.69) is 13.0 Å². The normalized spacial score (nSPS) is 42.0. The van der Waals surface area contributed by atoms with E-state index in [0.717, 1.165) is 6.42 Å². The number of carbonyl (C=O) groups excluding carboxylic acids is 2. The molecule has 132 valence electrons. The highest BCUT2D eigenvalue weighted by Gasteiger charge is 2.56. The Labute approximate surface area is 147 Å². The molecule has 0 aromatic heterocycles. The molecular weight excluding hydrogens is 319 g/mol. The largest absolute Gasteiger partial charge is 0.388 e. The molecule has 0 aromatic carbocycles. The number of ketones is 2. The molecule has 0 radical (unpaired) electrons. The Morgan fingerprint density at radius 3 is 2.80 bits per heavy atom. The van der Waals surface area contributed by atoms with Crippen LogP contribution >= 0.6 is 0 Å². The lowest BCUT2D eigenvalue weighted by atomic mass is 9.52. The molecule has 4 rings (SSSR count). The van der Waals surface area contributed by atoms with Crippen LogP contribution in [0, 0.1) is 22.7 Å². The summed E-state index contributed by atoms with van der Waals surface area (Å²) < 4.78 is 15.0. The van der Waals surface area contributed by atoms with Crippen LogP contribution in [0.3, 0.4) is 0 Å². The molecule has 0 bridgehead atoms. The van der Waals surface area contributed by atoms with Crippen LogP contribution < -0.4 is 0 Å². The van der Waals surface area contributed by atoms with Gasteiger partial charge in [-0.1, -0.05) is 30.7 Å². The van der Waals surface area contributed by atoms with E-state index in [9.17, 15) is 14.7 Å². The minimum Gasteiger partial charge on any atom is -0.388 e. The van der Waals surface area contributed by atoms with Crippen molar-refractivity contribution < 1.29 is 19.1 Å². The van der Waals surface area contributed by atoms with Crippen LogP contribution in [0.15, 0.2) is 47.1 Å². The standard InChI is InChI=1S/C21H23FO3/c1-20-8-6-15-13(14(20)3-4-16(20)19(25)11-23)10-18(22)17-9-12(24)5-7-21(15,17)2/h4-7,9,13-14,18,23H,3,8,10-11H2,1-2H3/t13-,14-,18-,20-,21+/m0/s1. The van der Waals surface area contributed by atoms with Crippen LogP contribution in [0.5, 0.6) is 0 Å². The molecule has 4 aliphatic carbocycles. The van der Waals surface area contributed by atoms with Gasteiger partial charge in [0.2, 0.25) is 0 Å². The van der Waals surface area contributed by atoms with E-state index >= 15 is 4.39 Å². The lowest BCUT2D eigenvalue weighted by Gasteiger charge is -2.52. The van der Waals surface area contributed by atoms with E-state index < -0.39 is 18.2 Å². The maximum absolute atomic E-state index is 15.0. The number of halogens is 1. The predicted octanol–water partition coefficient (Wildman–Crippen LogP) is 3.26. The number of hydrogen-bond donors (Lipinski definition) is 1. The van der Waals surface area contributed by atoms with Gasteiger partial charge in [-0.2, -0.15) is 0 Å². The van der Waals surface area contributed by atoms with Crippen LogP contribution in [-0.2, 0) is 9.59 Å². The van der Waals surface area contributed by atoms with Crippen molar-refractivity contribution in [3.8, 4) is 0 Å². The third-order valence-corrected chi connectivity index (χ3v) is 6.96. The fraction of sp³-hybridized carbons (Fsp3) is 0.524. The van der Waals surface area contributed by atoms with Gasteiger partial charge in [0.15, 0.2) is 11.6 Å². The summed E-state index contributed by atoms with van der Waals surface area (Å²) in [5.41, 5.74) is 1.58. The molecule has 1 fully saturated rings. The quantitative estimate of drug-likeness (QED) is 0.784. The summed E-state index contributed by atoms with van der Waals surface area (Å²) in [7, 11) is 0. The fourth-order valence-corrected chi connectivity index (χ4v) is 5.63. The van der Waals surface area contributed by atoms with Crippen molar-refractivity contribution in [3.05, 3.63) is 47.1 Å². The molecule has 0 aromatic rings. The van der Waals surface area contributed by atoms with Gasteiger partial charge in [0, 0.05) is 16.4 Å². The van der Waals surface area contributed by atoms with Crippen LogP contribution in [0.1, 0.15) is 33.1 Å². The number of Topliss-reactive ketones (excluding diaryl/α,β-unsaturated/α-hetero) is 1. The first kappa shape index (κ1) is 16.6. The molecule has 1 N–H and O–H groups in total. The molecule has 0 aliphatic heterocycles. The SMILES string of the molecule is C[C@]12C=CC(=O)C=C1[C@@H](F)C[C@@H]1C2=CC[C@]2(C)C(C(=O)CO)=CC[C@@H]12. The van der Waals surface area contributed by atoms with Crippen molar-refractivity contribution >= 4 is 11.6 Å². The number of allylic oxidation sites excluding steroid dienone is 7. The molecule has 25 heavy (non-hydrogen) atoms. The Balaban J connectivity index is 1.77. The summed E-state index contributed by atoms with van der Waals surface area (Å²) in [6.45, 7) is 3.59. The number of alkyl halides is 1. The molecule has 1 saturated carbocycles. The molecule has 0 spiro atoms. The summed E-state index contributed by atoms with van der Waals surface area (Å²) >= 11 is 0. The fourth-order valence-electron chi connectivity index (χ4n) is 5.63. The highest BCUT2D eigenvalue weighted by molar-refractivity contribution is 6.01. The second kappa shape index (κ2) is 5.34. The van der Waals surface area contributed by atoms with Gasteiger partial charge in [0.1, 0.15) is 12.8 Å². The summed E-state index contributed by atoms with van der Waals surface area (Å²) in [6, 6.07) is 0. The lowest BCUT2D eigenvalue weighted by molar-refractivity contribution is -0.119. The average Bonchev–Trinajstić information content (AvgIpc) is 2.93. The zero-order chi connectivity index (χ0) is 18.0. The van der Waals surface area contributed by atoms with Crippen molar-refractivity contribution in [2.75, 3.05) is 6.61 Å². The molecule has 4 heteroatoms. The molecule has 3 nitrogen and oxygen atoms in total. The number of aliphatic hydroxyl groups is 1. The Bertz CT molecular complexity index is 787. The van der Waals surface area contributed by atoms with Crippen molar-refractivity contribution in [2.45, 2.75) is 39.3 Å². The van der Waals surface area contributed by atoms with Crippen molar-refractivity contribution in [3.63, 3.8) is 0 Å². The monoisotopic (exact) mass is 342 g/mol. The second-order valence-electron chi connectivity index (χ2n) is 8.17. The minimum atomic E-state index is -1.14. The lowest BCUT2D eigenvalue weighted by Crippen LogP contribution is -2.46. The van der Waals surface area contributed by atoms with Crippen LogP contribution in [0.4, 0.5) is 4.39 Å². The summed E-state index contributed by atoms with van der Waals surface area (Å²) in [4.78, 5) is 23.9.